The Morgan fingerprint density at radius 3 is 2.65 bits per heavy atom. The third-order valence-electron chi connectivity index (χ3n) is 3.80. The maximum Gasteiger partial charge on any atom is 0.416 e. The summed E-state index contributed by atoms with van der Waals surface area (Å²) in [6.45, 7) is 3.15. The number of benzene rings is 1. The maximum absolute atomic E-state index is 12.9. The van der Waals surface area contributed by atoms with Gasteiger partial charge in [0, 0.05) is 6.07 Å². The minimum Gasteiger partial charge on any atom is -0.461 e. The number of esters is 1. The first kappa shape index (κ1) is 17.7. The van der Waals surface area contributed by atoms with Gasteiger partial charge < -0.3 is 9.72 Å². The number of hydrogen-bond donors (Lipinski definition) is 1. The van der Waals surface area contributed by atoms with Gasteiger partial charge in [0.15, 0.2) is 5.69 Å². The van der Waals surface area contributed by atoms with E-state index in [0.29, 0.717) is 5.56 Å². The summed E-state index contributed by atoms with van der Waals surface area (Å²) in [7, 11) is 0. The summed E-state index contributed by atoms with van der Waals surface area (Å²) in [5.74, 6) is -0.664. The lowest BCUT2D eigenvalue weighted by molar-refractivity contribution is -0.138. The first-order valence-electron chi connectivity index (χ1n) is 7.68. The molecule has 0 fully saturated rings. The second-order valence-electron chi connectivity index (χ2n) is 5.60. The van der Waals surface area contributed by atoms with E-state index in [-0.39, 0.29) is 29.1 Å². The molecular weight excluding hydrogens is 351 g/mol. The average Bonchev–Trinajstić information content (AvgIpc) is 2.98. The SMILES string of the molecule is CCOC(=O)c1cc2c(=O)[nH]c(-c3ccc(C(F)(F)F)c(C)c3)cn2n1. The van der Waals surface area contributed by atoms with E-state index in [0.717, 1.165) is 6.07 Å². The van der Waals surface area contributed by atoms with Crippen LogP contribution in [0.3, 0.4) is 0 Å². The fraction of sp³-hybridized carbons (Fsp3) is 0.235. The number of halogens is 3. The van der Waals surface area contributed by atoms with Gasteiger partial charge in [-0.05, 0) is 37.1 Å². The molecule has 0 saturated carbocycles. The molecule has 2 heterocycles. The van der Waals surface area contributed by atoms with Crippen molar-refractivity contribution in [2.75, 3.05) is 6.61 Å². The van der Waals surface area contributed by atoms with Crippen LogP contribution in [0.15, 0.2) is 35.3 Å². The summed E-state index contributed by atoms with van der Waals surface area (Å²) in [5.41, 5.74) is -0.473. The summed E-state index contributed by atoms with van der Waals surface area (Å²) < 4.78 is 44.7. The van der Waals surface area contributed by atoms with Gasteiger partial charge in [0.2, 0.25) is 0 Å². The van der Waals surface area contributed by atoms with Crippen molar-refractivity contribution in [2.45, 2.75) is 20.0 Å². The van der Waals surface area contributed by atoms with Crippen LogP contribution in [0.4, 0.5) is 13.2 Å². The molecule has 0 aliphatic heterocycles. The number of nitrogens with zero attached hydrogens (tertiary/aromatic N) is 2. The molecule has 2 aromatic heterocycles. The number of fused-ring (bicyclic) bond motifs is 1. The zero-order valence-corrected chi connectivity index (χ0v) is 13.8. The maximum atomic E-state index is 12.9. The standard InChI is InChI=1S/C17H14F3N3O3/c1-3-26-16(25)12-7-14-15(24)21-13(8-23(14)22-12)10-4-5-11(9(2)6-10)17(18,19)20/h4-8H,3H2,1-2H3,(H,21,24). The Hall–Kier alpha value is -3.10. The highest BCUT2D eigenvalue weighted by Crippen LogP contribution is 2.33. The van der Waals surface area contributed by atoms with Crippen molar-refractivity contribution in [1.29, 1.82) is 0 Å². The number of aromatic nitrogens is 3. The molecule has 0 atom stereocenters. The molecule has 0 amide bonds. The molecule has 136 valence electrons. The molecule has 1 aromatic carbocycles. The predicted molar refractivity (Wildman–Crippen MR) is 86.9 cm³/mol. The molecular formula is C17H14F3N3O3. The van der Waals surface area contributed by atoms with Crippen LogP contribution in [0.1, 0.15) is 28.5 Å². The second kappa shape index (κ2) is 6.32. The molecule has 0 aliphatic rings. The second-order valence-corrected chi connectivity index (χ2v) is 5.60. The highest BCUT2D eigenvalue weighted by molar-refractivity contribution is 5.88. The topological polar surface area (TPSA) is 76.5 Å². The number of rotatable bonds is 3. The molecule has 0 aliphatic carbocycles. The summed E-state index contributed by atoms with van der Waals surface area (Å²) >= 11 is 0. The van der Waals surface area contributed by atoms with Crippen LogP contribution in [0, 0.1) is 6.92 Å². The first-order chi connectivity index (χ1) is 12.2. The summed E-state index contributed by atoms with van der Waals surface area (Å²) in [6.07, 6.45) is -3.02. The van der Waals surface area contributed by atoms with Crippen LogP contribution in [-0.4, -0.2) is 27.2 Å². The van der Waals surface area contributed by atoms with Crippen molar-refractivity contribution in [3.63, 3.8) is 0 Å². The quantitative estimate of drug-likeness (QED) is 0.723. The Bertz CT molecular complexity index is 1050. The molecule has 1 N–H and O–H groups in total. The number of alkyl halides is 3. The largest absolute Gasteiger partial charge is 0.461 e. The molecule has 0 unspecified atom stereocenters. The Labute approximate surface area is 145 Å². The van der Waals surface area contributed by atoms with Gasteiger partial charge >= 0.3 is 12.1 Å². The third-order valence-corrected chi connectivity index (χ3v) is 3.80. The summed E-state index contributed by atoms with van der Waals surface area (Å²) in [4.78, 5) is 26.6. The van der Waals surface area contributed by atoms with Gasteiger partial charge in [0.05, 0.1) is 24.1 Å². The molecule has 3 rings (SSSR count). The average molecular weight is 365 g/mol. The number of ether oxygens (including phenoxy) is 1. The van der Waals surface area contributed by atoms with Crippen LogP contribution in [-0.2, 0) is 10.9 Å². The minimum absolute atomic E-state index is 0.0295. The lowest BCUT2D eigenvalue weighted by Crippen LogP contribution is -2.11. The molecule has 0 spiro atoms. The van der Waals surface area contributed by atoms with Crippen molar-refractivity contribution < 1.29 is 22.7 Å². The van der Waals surface area contributed by atoms with Crippen LogP contribution in [0.5, 0.6) is 0 Å². The lowest BCUT2D eigenvalue weighted by atomic mass is 10.0. The summed E-state index contributed by atoms with van der Waals surface area (Å²) in [6, 6.07) is 4.84. The van der Waals surface area contributed by atoms with Gasteiger partial charge in [0.1, 0.15) is 5.52 Å². The summed E-state index contributed by atoms with van der Waals surface area (Å²) in [5, 5.41) is 4.00. The van der Waals surface area contributed by atoms with E-state index in [1.54, 1.807) is 6.92 Å². The van der Waals surface area contributed by atoms with Crippen molar-refractivity contribution in [2.24, 2.45) is 0 Å². The van der Waals surface area contributed by atoms with Crippen molar-refractivity contribution in [3.05, 3.63) is 57.6 Å². The number of aromatic amines is 1. The first-order valence-corrected chi connectivity index (χ1v) is 7.68. The van der Waals surface area contributed by atoms with E-state index in [4.69, 9.17) is 4.74 Å². The molecule has 3 aromatic rings. The van der Waals surface area contributed by atoms with E-state index in [2.05, 4.69) is 10.1 Å². The van der Waals surface area contributed by atoms with Crippen LogP contribution < -0.4 is 5.56 Å². The number of carbonyl (C=O) groups excluding carboxylic acids is 1. The van der Waals surface area contributed by atoms with E-state index in [1.165, 1.54) is 35.8 Å². The molecule has 6 nitrogen and oxygen atoms in total. The van der Waals surface area contributed by atoms with E-state index < -0.39 is 23.3 Å². The molecule has 0 saturated heterocycles. The number of nitrogens with one attached hydrogen (secondary N) is 1. The smallest absolute Gasteiger partial charge is 0.416 e. The zero-order valence-electron chi connectivity index (χ0n) is 13.8. The lowest BCUT2D eigenvalue weighted by Gasteiger charge is -2.11. The van der Waals surface area contributed by atoms with E-state index in [9.17, 15) is 22.8 Å². The van der Waals surface area contributed by atoms with Crippen molar-refractivity contribution >= 4 is 11.5 Å². The van der Waals surface area contributed by atoms with Gasteiger partial charge in [-0.1, -0.05) is 6.07 Å². The van der Waals surface area contributed by atoms with Gasteiger partial charge in [-0.2, -0.15) is 18.3 Å². The Morgan fingerprint density at radius 1 is 1.31 bits per heavy atom. The fourth-order valence-corrected chi connectivity index (χ4v) is 2.60. The van der Waals surface area contributed by atoms with Gasteiger partial charge in [-0.25, -0.2) is 9.31 Å². The van der Waals surface area contributed by atoms with Crippen LogP contribution in [0.25, 0.3) is 16.8 Å². The number of aryl methyl sites for hydroxylation is 1. The van der Waals surface area contributed by atoms with E-state index >= 15 is 0 Å². The Balaban J connectivity index is 2.08. The molecule has 26 heavy (non-hydrogen) atoms. The van der Waals surface area contributed by atoms with Gasteiger partial charge in [-0.15, -0.1) is 0 Å². The Morgan fingerprint density at radius 2 is 2.04 bits per heavy atom. The number of H-pyrrole nitrogens is 1. The highest BCUT2D eigenvalue weighted by atomic mass is 19.4. The van der Waals surface area contributed by atoms with Crippen LogP contribution in [0.2, 0.25) is 0 Å². The van der Waals surface area contributed by atoms with Crippen molar-refractivity contribution in [1.82, 2.24) is 14.6 Å². The number of hydrogen-bond acceptors (Lipinski definition) is 4. The minimum atomic E-state index is -4.45. The fourth-order valence-electron chi connectivity index (χ4n) is 2.60. The zero-order chi connectivity index (χ0) is 19.1. The number of carbonyl (C=O) groups is 1. The third kappa shape index (κ3) is 3.19. The molecule has 0 bridgehead atoms. The predicted octanol–water partition coefficient (Wildman–Crippen LogP) is 3.19. The van der Waals surface area contributed by atoms with Crippen molar-refractivity contribution in [3.8, 4) is 11.3 Å². The highest BCUT2D eigenvalue weighted by Gasteiger charge is 2.32. The monoisotopic (exact) mass is 365 g/mol. The van der Waals surface area contributed by atoms with Crippen LogP contribution >= 0.6 is 0 Å². The Kier molecular flexibility index (Phi) is 4.31. The molecule has 9 heteroatoms. The van der Waals surface area contributed by atoms with Gasteiger partial charge in [0.25, 0.3) is 5.56 Å². The van der Waals surface area contributed by atoms with E-state index in [1.807, 2.05) is 0 Å². The normalized spacial score (nSPS) is 11.7. The van der Waals surface area contributed by atoms with Gasteiger partial charge in [-0.3, -0.25) is 4.79 Å². The molecule has 0 radical (unpaired) electrons.